The van der Waals surface area contributed by atoms with Gasteiger partial charge in [0.05, 0.1) is 0 Å². The molecule has 0 aromatic rings. The highest BCUT2D eigenvalue weighted by molar-refractivity contribution is 4.85. The predicted octanol–water partition coefficient (Wildman–Crippen LogP) is 1.58. The number of hydrogen-bond donors (Lipinski definition) is 1. The minimum atomic E-state index is 0.816. The Morgan fingerprint density at radius 3 is 2.45 bits per heavy atom. The first-order chi connectivity index (χ1) is 5.18. The summed E-state index contributed by atoms with van der Waals surface area (Å²) >= 11 is 0. The zero-order valence-electron chi connectivity index (χ0n) is 7.77. The molecule has 0 saturated heterocycles. The van der Waals surface area contributed by atoms with E-state index in [1.165, 1.54) is 12.8 Å². The summed E-state index contributed by atoms with van der Waals surface area (Å²) in [5.41, 5.74) is 6.51. The second-order valence-corrected chi connectivity index (χ2v) is 3.01. The summed E-state index contributed by atoms with van der Waals surface area (Å²) in [7, 11) is 2.07. The Labute approximate surface area is 70.1 Å². The second-order valence-electron chi connectivity index (χ2n) is 3.01. The van der Waals surface area contributed by atoms with Gasteiger partial charge in [0.15, 0.2) is 0 Å². The molecule has 0 amide bonds. The van der Waals surface area contributed by atoms with Crippen LogP contribution in [0.4, 0.5) is 0 Å². The molecule has 0 heterocycles. The number of hydrogen-bond acceptors (Lipinski definition) is 2. The van der Waals surface area contributed by atoms with E-state index in [1.807, 2.05) is 6.92 Å². The second kappa shape index (κ2) is 6.23. The number of nitrogens with two attached hydrogens (primary N) is 1. The highest BCUT2D eigenvalue weighted by atomic mass is 15.1. The molecular formula is C9H20N2. The Kier molecular flexibility index (Phi) is 5.94. The van der Waals surface area contributed by atoms with Gasteiger partial charge in [-0.1, -0.05) is 13.0 Å². The van der Waals surface area contributed by atoms with Crippen LogP contribution in [0.25, 0.3) is 0 Å². The molecule has 2 nitrogen and oxygen atoms in total. The average Bonchev–Trinajstić information content (AvgIpc) is 1.97. The van der Waals surface area contributed by atoms with E-state index < -0.39 is 0 Å². The van der Waals surface area contributed by atoms with Gasteiger partial charge in [0.2, 0.25) is 0 Å². The van der Waals surface area contributed by atoms with Crippen molar-refractivity contribution < 1.29 is 0 Å². The smallest absolute Gasteiger partial charge is 0.0171 e. The lowest BCUT2D eigenvalue weighted by Gasteiger charge is -2.18. The summed E-state index contributed by atoms with van der Waals surface area (Å²) in [4.78, 5) is 2.18. The third kappa shape index (κ3) is 5.92. The first kappa shape index (κ1) is 10.5. The SMILES string of the molecule is C=C(C)N(C)CCCCCN. The average molecular weight is 156 g/mol. The molecule has 0 bridgehead atoms. The number of rotatable bonds is 6. The predicted molar refractivity (Wildman–Crippen MR) is 50.3 cm³/mol. The van der Waals surface area contributed by atoms with Gasteiger partial charge < -0.3 is 10.6 Å². The molecule has 2 N–H and O–H groups in total. The summed E-state index contributed by atoms with van der Waals surface area (Å²) in [6, 6.07) is 0. The molecule has 11 heavy (non-hydrogen) atoms. The number of unbranched alkanes of at least 4 members (excludes halogenated alkanes) is 2. The van der Waals surface area contributed by atoms with Crippen LogP contribution in [0, 0.1) is 0 Å². The molecule has 2 heteroatoms. The van der Waals surface area contributed by atoms with E-state index in [2.05, 4.69) is 18.5 Å². The fourth-order valence-electron chi connectivity index (χ4n) is 0.861. The summed E-state index contributed by atoms with van der Waals surface area (Å²) in [6.45, 7) is 7.81. The van der Waals surface area contributed by atoms with Crippen LogP contribution in [-0.4, -0.2) is 25.0 Å². The van der Waals surface area contributed by atoms with Crippen molar-refractivity contribution in [2.45, 2.75) is 26.2 Å². The van der Waals surface area contributed by atoms with Gasteiger partial charge in [-0.2, -0.15) is 0 Å². The first-order valence-corrected chi connectivity index (χ1v) is 4.25. The molecule has 0 saturated carbocycles. The largest absolute Gasteiger partial charge is 0.379 e. The molecule has 0 rings (SSSR count). The van der Waals surface area contributed by atoms with Gasteiger partial charge in [-0.3, -0.25) is 0 Å². The van der Waals surface area contributed by atoms with Crippen LogP contribution in [0.5, 0.6) is 0 Å². The van der Waals surface area contributed by atoms with E-state index in [4.69, 9.17) is 5.73 Å². The van der Waals surface area contributed by atoms with E-state index in [-0.39, 0.29) is 0 Å². The molecule has 0 fully saturated rings. The molecule has 0 unspecified atom stereocenters. The summed E-state index contributed by atoms with van der Waals surface area (Å²) < 4.78 is 0. The minimum absolute atomic E-state index is 0.816. The summed E-state index contributed by atoms with van der Waals surface area (Å²) in [5.74, 6) is 0. The van der Waals surface area contributed by atoms with Gasteiger partial charge in [-0.15, -0.1) is 0 Å². The van der Waals surface area contributed by atoms with Crippen LogP contribution in [0.2, 0.25) is 0 Å². The summed E-state index contributed by atoms with van der Waals surface area (Å²) in [6.07, 6.45) is 3.60. The van der Waals surface area contributed by atoms with Gasteiger partial charge in [0.25, 0.3) is 0 Å². The van der Waals surface area contributed by atoms with Crippen molar-refractivity contribution >= 4 is 0 Å². The van der Waals surface area contributed by atoms with Crippen molar-refractivity contribution in [1.82, 2.24) is 4.90 Å². The van der Waals surface area contributed by atoms with E-state index >= 15 is 0 Å². The van der Waals surface area contributed by atoms with E-state index in [1.54, 1.807) is 0 Å². The lowest BCUT2D eigenvalue weighted by molar-refractivity contribution is 0.403. The van der Waals surface area contributed by atoms with Crippen molar-refractivity contribution in [2.75, 3.05) is 20.1 Å². The van der Waals surface area contributed by atoms with E-state index in [0.717, 1.165) is 25.2 Å². The molecule has 0 atom stereocenters. The van der Waals surface area contributed by atoms with Crippen LogP contribution >= 0.6 is 0 Å². The topological polar surface area (TPSA) is 29.3 Å². The van der Waals surface area contributed by atoms with Crippen LogP contribution in [0.3, 0.4) is 0 Å². The molecule has 0 spiro atoms. The Bertz CT molecular complexity index is 110. The Morgan fingerprint density at radius 2 is 2.00 bits per heavy atom. The summed E-state index contributed by atoms with van der Waals surface area (Å²) in [5, 5.41) is 0. The zero-order chi connectivity index (χ0) is 8.69. The maximum atomic E-state index is 5.37. The van der Waals surface area contributed by atoms with Crippen molar-refractivity contribution in [3.63, 3.8) is 0 Å². The monoisotopic (exact) mass is 156 g/mol. The fourth-order valence-corrected chi connectivity index (χ4v) is 0.861. The van der Waals surface area contributed by atoms with E-state index in [0.29, 0.717) is 0 Å². The Morgan fingerprint density at radius 1 is 1.36 bits per heavy atom. The fraction of sp³-hybridized carbons (Fsp3) is 0.778. The third-order valence-electron chi connectivity index (χ3n) is 1.85. The lowest BCUT2D eigenvalue weighted by Crippen LogP contribution is -2.16. The standard InChI is InChI=1S/C9H20N2/c1-9(2)11(3)8-6-4-5-7-10/h1,4-8,10H2,2-3H3. The first-order valence-electron chi connectivity index (χ1n) is 4.25. The van der Waals surface area contributed by atoms with Crippen molar-refractivity contribution in [1.29, 1.82) is 0 Å². The van der Waals surface area contributed by atoms with Crippen LogP contribution in [0.1, 0.15) is 26.2 Å². The minimum Gasteiger partial charge on any atom is -0.379 e. The molecule has 66 valence electrons. The van der Waals surface area contributed by atoms with Crippen LogP contribution in [-0.2, 0) is 0 Å². The highest BCUT2D eigenvalue weighted by Crippen LogP contribution is 2.00. The lowest BCUT2D eigenvalue weighted by atomic mass is 10.2. The van der Waals surface area contributed by atoms with Gasteiger partial charge in [-0.25, -0.2) is 0 Å². The molecule has 0 aromatic carbocycles. The van der Waals surface area contributed by atoms with Gasteiger partial charge in [0, 0.05) is 19.3 Å². The molecular weight excluding hydrogens is 136 g/mol. The quantitative estimate of drug-likeness (QED) is 0.592. The number of nitrogens with zero attached hydrogens (tertiary/aromatic N) is 1. The highest BCUT2D eigenvalue weighted by Gasteiger charge is 1.94. The maximum absolute atomic E-state index is 5.37. The molecule has 0 aromatic heterocycles. The van der Waals surface area contributed by atoms with E-state index in [9.17, 15) is 0 Å². The van der Waals surface area contributed by atoms with Crippen molar-refractivity contribution in [2.24, 2.45) is 5.73 Å². The zero-order valence-corrected chi connectivity index (χ0v) is 7.77. The third-order valence-corrected chi connectivity index (χ3v) is 1.85. The van der Waals surface area contributed by atoms with Crippen LogP contribution < -0.4 is 5.73 Å². The Hall–Kier alpha value is -0.500. The van der Waals surface area contributed by atoms with Gasteiger partial charge >= 0.3 is 0 Å². The van der Waals surface area contributed by atoms with Gasteiger partial charge in [-0.05, 0) is 26.3 Å². The molecule has 0 radical (unpaired) electrons. The number of allylic oxidation sites excluding steroid dienone is 1. The van der Waals surface area contributed by atoms with Crippen molar-refractivity contribution in [3.05, 3.63) is 12.3 Å². The Balaban J connectivity index is 3.17. The van der Waals surface area contributed by atoms with Crippen molar-refractivity contribution in [3.8, 4) is 0 Å². The maximum Gasteiger partial charge on any atom is 0.0171 e. The molecule has 0 aliphatic carbocycles. The van der Waals surface area contributed by atoms with Crippen LogP contribution in [0.15, 0.2) is 12.3 Å². The molecule has 0 aliphatic rings. The molecule has 0 aliphatic heterocycles. The normalized spacial score (nSPS) is 9.73. The van der Waals surface area contributed by atoms with Gasteiger partial charge in [0.1, 0.15) is 0 Å².